The molecule has 0 spiro atoms. The Morgan fingerprint density at radius 2 is 1.87 bits per heavy atom. The number of likely N-dealkylation sites (N-methyl/N-ethyl adjacent to an activating group) is 1. The molecule has 0 bridgehead atoms. The SMILES string of the molecule is CCN1CCN(c2nc(N)ncc2Oc2ccc(Cl)cc2)CC1. The molecule has 2 heterocycles. The molecular formula is C16H20ClN5O. The minimum Gasteiger partial charge on any atom is -0.452 e. The maximum Gasteiger partial charge on any atom is 0.222 e. The number of nitrogens with two attached hydrogens (primary N) is 1. The first-order valence-electron chi connectivity index (χ1n) is 7.69. The van der Waals surface area contributed by atoms with Crippen LogP contribution in [0.3, 0.4) is 0 Å². The zero-order valence-corrected chi connectivity index (χ0v) is 13.8. The van der Waals surface area contributed by atoms with Crippen molar-refractivity contribution in [3.63, 3.8) is 0 Å². The highest BCUT2D eigenvalue weighted by atomic mass is 35.5. The second-order valence-corrected chi connectivity index (χ2v) is 5.83. The molecule has 122 valence electrons. The van der Waals surface area contributed by atoms with Crippen LogP contribution in [0.2, 0.25) is 5.02 Å². The summed E-state index contributed by atoms with van der Waals surface area (Å²) in [6.45, 7) is 7.02. The summed E-state index contributed by atoms with van der Waals surface area (Å²) in [6, 6.07) is 7.21. The Labute approximate surface area is 140 Å². The molecule has 1 saturated heterocycles. The number of hydrogen-bond acceptors (Lipinski definition) is 6. The molecule has 2 N–H and O–H groups in total. The van der Waals surface area contributed by atoms with Gasteiger partial charge in [-0.1, -0.05) is 18.5 Å². The van der Waals surface area contributed by atoms with E-state index in [-0.39, 0.29) is 5.95 Å². The lowest BCUT2D eigenvalue weighted by Gasteiger charge is -2.35. The molecule has 0 radical (unpaired) electrons. The summed E-state index contributed by atoms with van der Waals surface area (Å²) in [7, 11) is 0. The van der Waals surface area contributed by atoms with Gasteiger partial charge in [0, 0.05) is 31.2 Å². The summed E-state index contributed by atoms with van der Waals surface area (Å²) >= 11 is 5.91. The van der Waals surface area contributed by atoms with Crippen molar-refractivity contribution in [3.05, 3.63) is 35.5 Å². The van der Waals surface area contributed by atoms with E-state index < -0.39 is 0 Å². The third-order valence-corrected chi connectivity index (χ3v) is 4.17. The van der Waals surface area contributed by atoms with Crippen LogP contribution in [0.5, 0.6) is 11.5 Å². The Bertz CT molecular complexity index is 656. The fourth-order valence-electron chi connectivity index (χ4n) is 2.58. The van der Waals surface area contributed by atoms with Gasteiger partial charge >= 0.3 is 0 Å². The van der Waals surface area contributed by atoms with Crippen LogP contribution in [0.1, 0.15) is 6.92 Å². The van der Waals surface area contributed by atoms with Gasteiger partial charge in [-0.2, -0.15) is 4.98 Å². The van der Waals surface area contributed by atoms with E-state index in [1.54, 1.807) is 18.3 Å². The van der Waals surface area contributed by atoms with Gasteiger partial charge in [-0.25, -0.2) is 4.98 Å². The smallest absolute Gasteiger partial charge is 0.222 e. The van der Waals surface area contributed by atoms with Crippen molar-refractivity contribution in [1.29, 1.82) is 0 Å². The average Bonchev–Trinajstić information content (AvgIpc) is 2.58. The van der Waals surface area contributed by atoms with E-state index in [0.717, 1.165) is 38.5 Å². The van der Waals surface area contributed by atoms with Gasteiger partial charge in [-0.15, -0.1) is 0 Å². The van der Waals surface area contributed by atoms with Crippen molar-refractivity contribution in [1.82, 2.24) is 14.9 Å². The molecule has 0 amide bonds. The largest absolute Gasteiger partial charge is 0.452 e. The van der Waals surface area contributed by atoms with Crippen molar-refractivity contribution >= 4 is 23.4 Å². The number of halogens is 1. The van der Waals surface area contributed by atoms with Crippen molar-refractivity contribution in [2.45, 2.75) is 6.92 Å². The van der Waals surface area contributed by atoms with Gasteiger partial charge in [0.05, 0.1) is 6.20 Å². The van der Waals surface area contributed by atoms with E-state index >= 15 is 0 Å². The fourth-order valence-corrected chi connectivity index (χ4v) is 2.71. The molecule has 0 aliphatic carbocycles. The molecule has 1 aromatic heterocycles. The molecule has 1 aliphatic rings. The quantitative estimate of drug-likeness (QED) is 0.927. The molecule has 0 atom stereocenters. The van der Waals surface area contributed by atoms with Crippen LogP contribution >= 0.6 is 11.6 Å². The van der Waals surface area contributed by atoms with E-state index in [2.05, 4.69) is 26.7 Å². The number of benzene rings is 1. The number of rotatable bonds is 4. The molecule has 6 nitrogen and oxygen atoms in total. The molecule has 1 aromatic carbocycles. The number of hydrogen-bond donors (Lipinski definition) is 1. The number of nitrogen functional groups attached to an aromatic ring is 1. The molecule has 1 aliphatic heterocycles. The highest BCUT2D eigenvalue weighted by Gasteiger charge is 2.21. The predicted molar refractivity (Wildman–Crippen MR) is 92.3 cm³/mol. The zero-order valence-electron chi connectivity index (χ0n) is 13.1. The van der Waals surface area contributed by atoms with Gasteiger partial charge in [-0.3, -0.25) is 0 Å². The van der Waals surface area contributed by atoms with Crippen molar-refractivity contribution in [3.8, 4) is 11.5 Å². The highest BCUT2D eigenvalue weighted by Crippen LogP contribution is 2.31. The first-order chi connectivity index (χ1) is 11.2. The standard InChI is InChI=1S/C16H20ClN5O/c1-2-21-7-9-22(10-8-21)15-14(11-19-16(18)20-15)23-13-5-3-12(17)4-6-13/h3-6,11H,2,7-10H2,1H3,(H2,18,19,20). The number of aromatic nitrogens is 2. The normalized spacial score (nSPS) is 15.7. The highest BCUT2D eigenvalue weighted by molar-refractivity contribution is 6.30. The molecule has 2 aromatic rings. The molecule has 0 saturated carbocycles. The predicted octanol–water partition coefficient (Wildman–Crippen LogP) is 2.65. The van der Waals surface area contributed by atoms with Crippen LogP contribution in [0, 0.1) is 0 Å². The summed E-state index contributed by atoms with van der Waals surface area (Å²) < 4.78 is 5.93. The van der Waals surface area contributed by atoms with E-state index in [0.29, 0.717) is 16.5 Å². The van der Waals surface area contributed by atoms with Gasteiger partial charge in [0.2, 0.25) is 5.95 Å². The lowest BCUT2D eigenvalue weighted by Crippen LogP contribution is -2.46. The summed E-state index contributed by atoms with van der Waals surface area (Å²) in [4.78, 5) is 13.0. The van der Waals surface area contributed by atoms with E-state index in [4.69, 9.17) is 22.1 Å². The zero-order chi connectivity index (χ0) is 16.2. The summed E-state index contributed by atoms with van der Waals surface area (Å²) in [6.07, 6.45) is 1.62. The second kappa shape index (κ2) is 7.02. The Balaban J connectivity index is 1.82. The van der Waals surface area contributed by atoms with Crippen LogP contribution in [-0.2, 0) is 0 Å². The van der Waals surface area contributed by atoms with Gasteiger partial charge < -0.3 is 20.3 Å². The van der Waals surface area contributed by atoms with Crippen LogP contribution in [-0.4, -0.2) is 47.6 Å². The summed E-state index contributed by atoms with van der Waals surface area (Å²) in [5.41, 5.74) is 5.77. The van der Waals surface area contributed by atoms with Gasteiger partial charge in [0.1, 0.15) is 5.75 Å². The van der Waals surface area contributed by atoms with E-state index in [1.165, 1.54) is 0 Å². The lowest BCUT2D eigenvalue weighted by molar-refractivity contribution is 0.270. The number of nitrogens with zero attached hydrogens (tertiary/aromatic N) is 4. The monoisotopic (exact) mass is 333 g/mol. The van der Waals surface area contributed by atoms with Crippen molar-refractivity contribution in [2.24, 2.45) is 0 Å². The Kier molecular flexibility index (Phi) is 4.83. The maximum absolute atomic E-state index is 5.93. The Morgan fingerprint density at radius 1 is 1.17 bits per heavy atom. The van der Waals surface area contributed by atoms with Crippen LogP contribution < -0.4 is 15.4 Å². The number of ether oxygens (including phenoxy) is 1. The van der Waals surface area contributed by atoms with Crippen LogP contribution in [0.15, 0.2) is 30.5 Å². The van der Waals surface area contributed by atoms with E-state index in [9.17, 15) is 0 Å². The maximum atomic E-state index is 5.93. The fraction of sp³-hybridized carbons (Fsp3) is 0.375. The van der Waals surface area contributed by atoms with Gasteiger partial charge in [0.25, 0.3) is 0 Å². The van der Waals surface area contributed by atoms with Crippen LogP contribution in [0.4, 0.5) is 11.8 Å². The average molecular weight is 334 g/mol. The Morgan fingerprint density at radius 3 is 2.52 bits per heavy atom. The van der Waals surface area contributed by atoms with Crippen molar-refractivity contribution in [2.75, 3.05) is 43.4 Å². The molecule has 7 heteroatoms. The summed E-state index contributed by atoms with van der Waals surface area (Å²) in [5, 5.41) is 0.668. The van der Waals surface area contributed by atoms with Crippen molar-refractivity contribution < 1.29 is 4.74 Å². The third-order valence-electron chi connectivity index (χ3n) is 3.92. The molecule has 0 unspecified atom stereocenters. The summed E-state index contributed by atoms with van der Waals surface area (Å²) in [5.74, 6) is 2.28. The molecule has 23 heavy (non-hydrogen) atoms. The second-order valence-electron chi connectivity index (χ2n) is 5.39. The lowest BCUT2D eigenvalue weighted by atomic mass is 10.3. The molecular weight excluding hydrogens is 314 g/mol. The van der Waals surface area contributed by atoms with E-state index in [1.807, 2.05) is 12.1 Å². The molecule has 3 rings (SSSR count). The number of anilines is 2. The topological polar surface area (TPSA) is 67.5 Å². The Hall–Kier alpha value is -2.05. The minimum absolute atomic E-state index is 0.251. The van der Waals surface area contributed by atoms with Gasteiger partial charge in [0.15, 0.2) is 11.6 Å². The number of piperazine rings is 1. The molecule has 1 fully saturated rings. The third kappa shape index (κ3) is 3.83. The first kappa shape index (κ1) is 15.8. The minimum atomic E-state index is 0.251. The van der Waals surface area contributed by atoms with Crippen LogP contribution in [0.25, 0.3) is 0 Å². The van der Waals surface area contributed by atoms with Gasteiger partial charge in [-0.05, 0) is 30.8 Å². The first-order valence-corrected chi connectivity index (χ1v) is 8.06.